The van der Waals surface area contributed by atoms with E-state index in [0.29, 0.717) is 12.6 Å². The van der Waals surface area contributed by atoms with Crippen molar-refractivity contribution in [2.24, 2.45) is 0 Å². The van der Waals surface area contributed by atoms with E-state index < -0.39 is 0 Å². The predicted molar refractivity (Wildman–Crippen MR) is 61.5 cm³/mol. The Morgan fingerprint density at radius 1 is 1.56 bits per heavy atom. The first-order chi connectivity index (χ1) is 7.70. The van der Waals surface area contributed by atoms with E-state index in [0.717, 1.165) is 25.1 Å². The zero-order valence-electron chi connectivity index (χ0n) is 9.45. The Balaban J connectivity index is 2.02. The van der Waals surface area contributed by atoms with Crippen LogP contribution in [0.5, 0.6) is 0 Å². The molecule has 0 aliphatic carbocycles. The first kappa shape index (κ1) is 11.4. The van der Waals surface area contributed by atoms with Crippen LogP contribution >= 0.6 is 0 Å². The number of rotatable bonds is 3. The van der Waals surface area contributed by atoms with Gasteiger partial charge in [0.05, 0.1) is 11.8 Å². The van der Waals surface area contributed by atoms with Crippen LogP contribution in [-0.2, 0) is 11.3 Å². The molecular formula is C12H17FN2O. The van der Waals surface area contributed by atoms with Crippen LogP contribution in [0.1, 0.15) is 12.0 Å². The van der Waals surface area contributed by atoms with Crippen LogP contribution < -0.4 is 5.73 Å². The summed E-state index contributed by atoms with van der Waals surface area (Å²) in [5.74, 6) is -0.333. The van der Waals surface area contributed by atoms with Crippen LogP contribution in [0, 0.1) is 5.82 Å². The Labute approximate surface area is 95.0 Å². The molecular weight excluding hydrogens is 207 g/mol. The quantitative estimate of drug-likeness (QED) is 0.793. The number of nitrogens with zero attached hydrogens (tertiary/aromatic N) is 1. The minimum Gasteiger partial charge on any atom is -0.396 e. The number of hydrogen-bond acceptors (Lipinski definition) is 3. The summed E-state index contributed by atoms with van der Waals surface area (Å²) in [5.41, 5.74) is 6.82. The van der Waals surface area contributed by atoms with E-state index in [1.807, 2.05) is 6.07 Å². The highest BCUT2D eigenvalue weighted by Crippen LogP contribution is 2.20. The van der Waals surface area contributed by atoms with Gasteiger partial charge in [0.15, 0.2) is 0 Å². The van der Waals surface area contributed by atoms with Crippen molar-refractivity contribution in [3.8, 4) is 0 Å². The van der Waals surface area contributed by atoms with Crippen molar-refractivity contribution in [3.05, 3.63) is 29.6 Å². The average molecular weight is 224 g/mol. The summed E-state index contributed by atoms with van der Waals surface area (Å²) in [5, 5.41) is 0. The highest BCUT2D eigenvalue weighted by molar-refractivity contribution is 5.47. The van der Waals surface area contributed by atoms with Gasteiger partial charge in [0, 0.05) is 26.7 Å². The van der Waals surface area contributed by atoms with Gasteiger partial charge in [-0.15, -0.1) is 0 Å². The molecule has 0 spiro atoms. The molecule has 1 unspecified atom stereocenters. The fraction of sp³-hybridized carbons (Fsp3) is 0.500. The van der Waals surface area contributed by atoms with Gasteiger partial charge in [0.2, 0.25) is 0 Å². The van der Waals surface area contributed by atoms with E-state index in [9.17, 15) is 4.39 Å². The average Bonchev–Trinajstić information content (AvgIpc) is 2.73. The molecule has 2 rings (SSSR count). The van der Waals surface area contributed by atoms with Gasteiger partial charge in [-0.3, -0.25) is 4.90 Å². The number of halogens is 1. The number of nitrogens with two attached hydrogens (primary N) is 1. The molecule has 1 saturated heterocycles. The van der Waals surface area contributed by atoms with Gasteiger partial charge in [-0.25, -0.2) is 4.39 Å². The summed E-state index contributed by atoms with van der Waals surface area (Å²) in [4.78, 5) is 2.24. The van der Waals surface area contributed by atoms with Gasteiger partial charge in [-0.05, 0) is 18.1 Å². The predicted octanol–water partition coefficient (Wildman–Crippen LogP) is 1.63. The number of hydrogen-bond donors (Lipinski definition) is 1. The molecule has 3 nitrogen and oxygen atoms in total. The fourth-order valence-corrected chi connectivity index (χ4v) is 2.09. The molecule has 1 aromatic rings. The van der Waals surface area contributed by atoms with Crippen molar-refractivity contribution in [2.45, 2.75) is 19.1 Å². The second-order valence-electron chi connectivity index (χ2n) is 4.19. The van der Waals surface area contributed by atoms with Crippen LogP contribution in [0.4, 0.5) is 10.1 Å². The van der Waals surface area contributed by atoms with Crippen LogP contribution in [-0.4, -0.2) is 31.2 Å². The third-order valence-electron chi connectivity index (χ3n) is 3.10. The SMILES string of the molecule is COC1CCN(Cc2cccc(F)c2N)C1. The highest BCUT2D eigenvalue weighted by Gasteiger charge is 2.22. The Hall–Kier alpha value is -1.13. The number of anilines is 1. The van der Waals surface area contributed by atoms with Crippen LogP contribution in [0.2, 0.25) is 0 Å². The van der Waals surface area contributed by atoms with Crippen molar-refractivity contribution in [1.82, 2.24) is 4.90 Å². The van der Waals surface area contributed by atoms with Gasteiger partial charge in [-0.2, -0.15) is 0 Å². The van der Waals surface area contributed by atoms with E-state index in [4.69, 9.17) is 10.5 Å². The number of methoxy groups -OCH3 is 1. The molecule has 1 aliphatic rings. The molecule has 0 radical (unpaired) electrons. The molecule has 1 aliphatic heterocycles. The summed E-state index contributed by atoms with van der Waals surface area (Å²) >= 11 is 0. The second kappa shape index (κ2) is 4.80. The van der Waals surface area contributed by atoms with Gasteiger partial charge >= 0.3 is 0 Å². The summed E-state index contributed by atoms with van der Waals surface area (Å²) < 4.78 is 18.5. The minimum atomic E-state index is -0.333. The Morgan fingerprint density at radius 3 is 3.06 bits per heavy atom. The smallest absolute Gasteiger partial charge is 0.146 e. The van der Waals surface area contributed by atoms with Gasteiger partial charge in [0.1, 0.15) is 5.82 Å². The molecule has 0 saturated carbocycles. The lowest BCUT2D eigenvalue weighted by molar-refractivity contribution is 0.107. The molecule has 0 bridgehead atoms. The molecule has 4 heteroatoms. The van der Waals surface area contributed by atoms with Crippen molar-refractivity contribution >= 4 is 5.69 Å². The highest BCUT2D eigenvalue weighted by atomic mass is 19.1. The van der Waals surface area contributed by atoms with Crippen molar-refractivity contribution < 1.29 is 9.13 Å². The van der Waals surface area contributed by atoms with E-state index in [1.54, 1.807) is 13.2 Å². The van der Waals surface area contributed by atoms with E-state index in [1.165, 1.54) is 6.07 Å². The maximum atomic E-state index is 13.2. The normalized spacial score (nSPS) is 21.5. The van der Waals surface area contributed by atoms with Crippen LogP contribution in [0.15, 0.2) is 18.2 Å². The number of para-hydroxylation sites is 1. The van der Waals surface area contributed by atoms with Gasteiger partial charge in [0.25, 0.3) is 0 Å². The lowest BCUT2D eigenvalue weighted by atomic mass is 10.1. The largest absolute Gasteiger partial charge is 0.396 e. The van der Waals surface area contributed by atoms with Gasteiger partial charge in [-0.1, -0.05) is 12.1 Å². The maximum absolute atomic E-state index is 13.2. The zero-order valence-corrected chi connectivity index (χ0v) is 9.45. The number of likely N-dealkylation sites (tertiary alicyclic amines) is 1. The Kier molecular flexibility index (Phi) is 3.41. The van der Waals surface area contributed by atoms with Crippen LogP contribution in [0.25, 0.3) is 0 Å². The topological polar surface area (TPSA) is 38.5 Å². The monoisotopic (exact) mass is 224 g/mol. The molecule has 88 valence electrons. The lowest BCUT2D eigenvalue weighted by Crippen LogP contribution is -2.23. The summed E-state index contributed by atoms with van der Waals surface area (Å²) in [6, 6.07) is 4.96. The Bertz CT molecular complexity index is 370. The van der Waals surface area contributed by atoms with Crippen molar-refractivity contribution in [1.29, 1.82) is 0 Å². The zero-order chi connectivity index (χ0) is 11.5. The van der Waals surface area contributed by atoms with E-state index in [-0.39, 0.29) is 11.5 Å². The third-order valence-corrected chi connectivity index (χ3v) is 3.10. The Morgan fingerprint density at radius 2 is 2.38 bits per heavy atom. The second-order valence-corrected chi connectivity index (χ2v) is 4.19. The molecule has 1 atom stereocenters. The fourth-order valence-electron chi connectivity index (χ4n) is 2.09. The maximum Gasteiger partial charge on any atom is 0.146 e. The van der Waals surface area contributed by atoms with Crippen LogP contribution in [0.3, 0.4) is 0 Å². The lowest BCUT2D eigenvalue weighted by Gasteiger charge is -2.17. The molecule has 2 N–H and O–H groups in total. The molecule has 0 amide bonds. The first-order valence-corrected chi connectivity index (χ1v) is 5.48. The molecule has 1 heterocycles. The summed E-state index contributed by atoms with van der Waals surface area (Å²) in [7, 11) is 1.73. The number of ether oxygens (including phenoxy) is 1. The van der Waals surface area contributed by atoms with E-state index in [2.05, 4.69) is 4.90 Å². The number of benzene rings is 1. The first-order valence-electron chi connectivity index (χ1n) is 5.48. The van der Waals surface area contributed by atoms with Crippen molar-refractivity contribution in [2.75, 3.05) is 25.9 Å². The van der Waals surface area contributed by atoms with Gasteiger partial charge < -0.3 is 10.5 Å². The van der Waals surface area contributed by atoms with E-state index >= 15 is 0 Å². The molecule has 1 fully saturated rings. The molecule has 1 aromatic carbocycles. The number of nitrogen functional groups attached to an aromatic ring is 1. The van der Waals surface area contributed by atoms with Crippen molar-refractivity contribution in [3.63, 3.8) is 0 Å². The summed E-state index contributed by atoms with van der Waals surface area (Å²) in [6.45, 7) is 2.57. The molecule has 16 heavy (non-hydrogen) atoms. The molecule has 0 aromatic heterocycles. The standard InChI is InChI=1S/C12H17FN2O/c1-16-10-5-6-15(8-10)7-9-3-2-4-11(13)12(9)14/h2-4,10H,5-8,14H2,1H3. The third kappa shape index (κ3) is 2.33. The minimum absolute atomic E-state index is 0.267. The summed E-state index contributed by atoms with van der Waals surface area (Å²) in [6.07, 6.45) is 1.33.